The van der Waals surface area contributed by atoms with Crippen LogP contribution in [0.5, 0.6) is 0 Å². The van der Waals surface area contributed by atoms with Crippen LogP contribution in [0.1, 0.15) is 25.3 Å². The fourth-order valence-corrected chi connectivity index (χ4v) is 2.93. The van der Waals surface area contributed by atoms with Crippen molar-refractivity contribution in [3.8, 4) is 0 Å². The van der Waals surface area contributed by atoms with Gasteiger partial charge in [-0.1, -0.05) is 37.1 Å². The molecule has 0 saturated carbocycles. The van der Waals surface area contributed by atoms with Crippen LogP contribution in [0.4, 0.5) is 0 Å². The van der Waals surface area contributed by atoms with Crippen LogP contribution >= 0.6 is 23.4 Å². The second kappa shape index (κ2) is 6.00. The number of benzene rings is 1. The summed E-state index contributed by atoms with van der Waals surface area (Å²) in [7, 11) is 0. The van der Waals surface area contributed by atoms with E-state index in [9.17, 15) is 0 Å². The van der Waals surface area contributed by atoms with Crippen LogP contribution in [0.3, 0.4) is 0 Å². The third kappa shape index (κ3) is 2.85. The Hall–Kier alpha value is -0.640. The van der Waals surface area contributed by atoms with E-state index in [1.54, 1.807) is 11.8 Å². The van der Waals surface area contributed by atoms with Gasteiger partial charge in [-0.3, -0.25) is 0 Å². The molecule has 0 fully saturated rings. The van der Waals surface area contributed by atoms with Crippen LogP contribution in [0.25, 0.3) is 0 Å². The highest BCUT2D eigenvalue weighted by Gasteiger charge is 2.33. The molecular formula is C14H19ClN2S. The normalized spacial score (nSPS) is 22.7. The van der Waals surface area contributed by atoms with Crippen LogP contribution in [-0.2, 0) is 4.87 Å². The Kier molecular flexibility index (Phi) is 4.60. The van der Waals surface area contributed by atoms with Crippen molar-refractivity contribution in [2.75, 3.05) is 12.8 Å². The first-order valence-corrected chi connectivity index (χ1v) is 7.85. The third-order valence-corrected chi connectivity index (χ3v) is 4.51. The summed E-state index contributed by atoms with van der Waals surface area (Å²) in [4.78, 5) is -0.154. The fraction of sp³-hybridized carbons (Fsp3) is 0.429. The third-order valence-electron chi connectivity index (χ3n) is 3.15. The Bertz CT molecular complexity index is 418. The molecule has 1 aromatic rings. The SMILES string of the molecule is CCCCN1C=CC(SC)(c2ccc(Cl)cc2)N1. The molecule has 18 heavy (non-hydrogen) atoms. The molecule has 0 spiro atoms. The van der Waals surface area contributed by atoms with E-state index < -0.39 is 0 Å². The Morgan fingerprint density at radius 3 is 2.67 bits per heavy atom. The predicted molar refractivity (Wildman–Crippen MR) is 80.5 cm³/mol. The minimum atomic E-state index is -0.154. The van der Waals surface area contributed by atoms with E-state index in [4.69, 9.17) is 11.6 Å². The minimum Gasteiger partial charge on any atom is -0.314 e. The molecule has 1 aliphatic rings. The van der Waals surface area contributed by atoms with E-state index in [1.165, 1.54) is 18.4 Å². The number of rotatable bonds is 5. The molecule has 0 aromatic heterocycles. The molecule has 1 aromatic carbocycles. The number of hydrogen-bond acceptors (Lipinski definition) is 3. The Morgan fingerprint density at radius 1 is 1.33 bits per heavy atom. The number of hydrogen-bond donors (Lipinski definition) is 1. The van der Waals surface area contributed by atoms with Crippen LogP contribution in [0, 0.1) is 0 Å². The molecule has 2 rings (SSSR count). The maximum Gasteiger partial charge on any atom is 0.127 e. The Balaban J connectivity index is 2.14. The number of nitrogens with zero attached hydrogens (tertiary/aromatic N) is 1. The van der Waals surface area contributed by atoms with Crippen LogP contribution in [0.2, 0.25) is 5.02 Å². The Labute approximate surface area is 118 Å². The molecule has 0 saturated heterocycles. The molecule has 0 radical (unpaired) electrons. The molecule has 4 heteroatoms. The van der Waals surface area contributed by atoms with E-state index in [0.29, 0.717) is 0 Å². The quantitative estimate of drug-likeness (QED) is 0.879. The summed E-state index contributed by atoms with van der Waals surface area (Å²) in [5, 5.41) is 2.95. The van der Waals surface area contributed by atoms with Crippen LogP contribution < -0.4 is 5.43 Å². The zero-order valence-corrected chi connectivity index (χ0v) is 12.4. The maximum atomic E-state index is 5.95. The lowest BCUT2D eigenvalue weighted by Gasteiger charge is -2.30. The van der Waals surface area contributed by atoms with E-state index in [1.807, 2.05) is 12.1 Å². The highest BCUT2D eigenvalue weighted by Crippen LogP contribution is 2.37. The number of hydrazine groups is 1. The molecule has 0 aliphatic carbocycles. The zero-order valence-electron chi connectivity index (χ0n) is 10.8. The first-order valence-electron chi connectivity index (χ1n) is 6.25. The molecular weight excluding hydrogens is 264 g/mol. The lowest BCUT2D eigenvalue weighted by molar-refractivity contribution is 0.259. The maximum absolute atomic E-state index is 5.95. The van der Waals surface area contributed by atoms with E-state index in [0.717, 1.165) is 11.6 Å². The molecule has 0 bridgehead atoms. The van der Waals surface area contributed by atoms with Crippen LogP contribution in [0.15, 0.2) is 36.5 Å². The van der Waals surface area contributed by atoms with Crippen LogP contribution in [-0.4, -0.2) is 17.8 Å². The molecule has 1 N–H and O–H groups in total. The number of nitrogens with one attached hydrogen (secondary N) is 1. The molecule has 98 valence electrons. The van der Waals surface area contributed by atoms with E-state index in [2.05, 4.69) is 48.0 Å². The van der Waals surface area contributed by atoms with Crippen molar-refractivity contribution in [1.82, 2.24) is 10.4 Å². The van der Waals surface area contributed by atoms with Gasteiger partial charge in [0.25, 0.3) is 0 Å². The van der Waals surface area contributed by atoms with Gasteiger partial charge in [0.05, 0.1) is 0 Å². The molecule has 1 heterocycles. The summed E-state index contributed by atoms with van der Waals surface area (Å²) >= 11 is 7.74. The number of halogens is 1. The average molecular weight is 283 g/mol. The zero-order chi connectivity index (χ0) is 13.0. The summed E-state index contributed by atoms with van der Waals surface area (Å²) < 4.78 is 0. The first kappa shape index (κ1) is 13.8. The van der Waals surface area contributed by atoms with Gasteiger partial charge in [-0.2, -0.15) is 0 Å². The van der Waals surface area contributed by atoms with Crippen molar-refractivity contribution < 1.29 is 0 Å². The standard InChI is InChI=1S/C14H19ClN2S/c1-3-4-10-17-11-9-14(16-17,18-2)12-5-7-13(15)8-6-12/h5-9,11,16H,3-4,10H2,1-2H3. The highest BCUT2D eigenvalue weighted by atomic mass is 35.5. The van der Waals surface area contributed by atoms with Gasteiger partial charge >= 0.3 is 0 Å². The molecule has 0 amide bonds. The lowest BCUT2D eigenvalue weighted by atomic mass is 10.1. The number of thioether (sulfide) groups is 1. The van der Waals surface area contributed by atoms with Crippen molar-refractivity contribution in [2.24, 2.45) is 0 Å². The van der Waals surface area contributed by atoms with Gasteiger partial charge in [0.1, 0.15) is 4.87 Å². The Morgan fingerprint density at radius 2 is 2.06 bits per heavy atom. The van der Waals surface area contributed by atoms with E-state index >= 15 is 0 Å². The summed E-state index contributed by atoms with van der Waals surface area (Å²) in [5.74, 6) is 0. The lowest BCUT2D eigenvalue weighted by Crippen LogP contribution is -2.42. The summed E-state index contributed by atoms with van der Waals surface area (Å²) in [5.41, 5.74) is 4.80. The topological polar surface area (TPSA) is 15.3 Å². The van der Waals surface area contributed by atoms with Crippen molar-refractivity contribution in [3.63, 3.8) is 0 Å². The van der Waals surface area contributed by atoms with Gasteiger partial charge in [-0.25, -0.2) is 5.43 Å². The monoisotopic (exact) mass is 282 g/mol. The van der Waals surface area contributed by atoms with Gasteiger partial charge < -0.3 is 5.01 Å². The summed E-state index contributed by atoms with van der Waals surface area (Å²) in [6.45, 7) is 3.25. The molecule has 2 nitrogen and oxygen atoms in total. The molecule has 1 atom stereocenters. The predicted octanol–water partition coefficient (Wildman–Crippen LogP) is 3.99. The summed E-state index contributed by atoms with van der Waals surface area (Å²) in [6.07, 6.45) is 8.88. The average Bonchev–Trinajstić information content (AvgIpc) is 2.82. The second-order valence-corrected chi connectivity index (χ2v) is 5.91. The van der Waals surface area contributed by atoms with Gasteiger partial charge in [0.15, 0.2) is 0 Å². The van der Waals surface area contributed by atoms with Crippen molar-refractivity contribution in [1.29, 1.82) is 0 Å². The minimum absolute atomic E-state index is 0.154. The first-order chi connectivity index (χ1) is 8.70. The highest BCUT2D eigenvalue weighted by molar-refractivity contribution is 7.99. The number of unbranched alkanes of at least 4 members (excludes halogenated alkanes) is 1. The van der Waals surface area contributed by atoms with Crippen molar-refractivity contribution >= 4 is 23.4 Å². The van der Waals surface area contributed by atoms with Gasteiger partial charge in [-0.15, -0.1) is 11.8 Å². The van der Waals surface area contributed by atoms with Crippen molar-refractivity contribution in [3.05, 3.63) is 47.1 Å². The largest absolute Gasteiger partial charge is 0.314 e. The molecule has 1 aliphatic heterocycles. The molecule has 1 unspecified atom stereocenters. The summed E-state index contributed by atoms with van der Waals surface area (Å²) in [6, 6.07) is 8.05. The fourth-order valence-electron chi connectivity index (χ4n) is 2.03. The van der Waals surface area contributed by atoms with Gasteiger partial charge in [0.2, 0.25) is 0 Å². The van der Waals surface area contributed by atoms with E-state index in [-0.39, 0.29) is 4.87 Å². The second-order valence-electron chi connectivity index (χ2n) is 4.42. The van der Waals surface area contributed by atoms with Crippen molar-refractivity contribution in [2.45, 2.75) is 24.6 Å². The smallest absolute Gasteiger partial charge is 0.127 e. The van der Waals surface area contributed by atoms with Gasteiger partial charge in [0, 0.05) is 17.8 Å². The van der Waals surface area contributed by atoms with Gasteiger partial charge in [-0.05, 0) is 36.4 Å².